The molecule has 0 atom stereocenters. The Morgan fingerprint density at radius 3 is 2.45 bits per heavy atom. The normalized spacial score (nSPS) is 14.6. The van der Waals surface area contributed by atoms with Gasteiger partial charge in [-0.15, -0.1) is 0 Å². The van der Waals surface area contributed by atoms with Crippen LogP contribution in [0, 0.1) is 6.92 Å². The lowest BCUT2D eigenvalue weighted by atomic mass is 10.1. The number of carbonyl (C=O) groups is 2. The smallest absolute Gasteiger partial charge is 0.356 e. The molecule has 7 heteroatoms. The number of aromatic nitrogens is 1. The fourth-order valence-electron chi connectivity index (χ4n) is 4.43. The van der Waals surface area contributed by atoms with Crippen molar-refractivity contribution in [1.82, 2.24) is 4.57 Å². The van der Waals surface area contributed by atoms with E-state index in [1.54, 1.807) is 4.57 Å². The van der Waals surface area contributed by atoms with Crippen LogP contribution in [0.5, 0.6) is 0 Å². The number of hydrogen-bond donors (Lipinski definition) is 2. The highest BCUT2D eigenvalue weighted by Gasteiger charge is 2.27. The van der Waals surface area contributed by atoms with E-state index < -0.39 is 5.97 Å². The number of esters is 1. The van der Waals surface area contributed by atoms with Gasteiger partial charge in [0.2, 0.25) is 0 Å². The van der Waals surface area contributed by atoms with Gasteiger partial charge in [-0.05, 0) is 30.7 Å². The summed E-state index contributed by atoms with van der Waals surface area (Å²) in [5.74, 6) is -0.554. The van der Waals surface area contributed by atoms with Gasteiger partial charge in [-0.25, -0.2) is 4.79 Å². The second kappa shape index (κ2) is 8.81. The summed E-state index contributed by atoms with van der Waals surface area (Å²) in [4.78, 5) is 29.0. The highest BCUT2D eigenvalue weighted by molar-refractivity contribution is 6.12. The topological polar surface area (TPSA) is 68.0 Å². The first-order valence-corrected chi connectivity index (χ1v) is 10.6. The number of hydrogen-bond acceptors (Lipinski definition) is 4. The number of aryl methyl sites for hydroxylation is 2. The molecule has 4 rings (SSSR count). The average Bonchev–Trinajstić information content (AvgIpc) is 3.07. The minimum absolute atomic E-state index is 0.0935. The Morgan fingerprint density at radius 1 is 1.06 bits per heavy atom. The van der Waals surface area contributed by atoms with Gasteiger partial charge >= 0.3 is 5.97 Å². The molecule has 2 heterocycles. The van der Waals surface area contributed by atoms with Gasteiger partial charge in [-0.2, -0.15) is 0 Å². The van der Waals surface area contributed by atoms with Crippen molar-refractivity contribution < 1.29 is 19.2 Å². The lowest BCUT2D eigenvalue weighted by Gasteiger charge is -2.33. The van der Waals surface area contributed by atoms with Crippen molar-refractivity contribution in [2.75, 3.05) is 50.1 Å². The van der Waals surface area contributed by atoms with Crippen LogP contribution < -0.4 is 15.1 Å². The Balaban J connectivity index is 1.49. The number of nitrogens with one attached hydrogen (secondary N) is 2. The highest BCUT2D eigenvalue weighted by atomic mass is 16.5. The van der Waals surface area contributed by atoms with Crippen LogP contribution in [0.15, 0.2) is 48.5 Å². The third kappa shape index (κ3) is 4.14. The summed E-state index contributed by atoms with van der Waals surface area (Å²) >= 11 is 0. The van der Waals surface area contributed by atoms with Crippen molar-refractivity contribution in [2.45, 2.75) is 6.92 Å². The van der Waals surface area contributed by atoms with Crippen LogP contribution in [-0.4, -0.2) is 56.3 Å². The molecular formula is C24H29N4O3+. The second-order valence-electron chi connectivity index (χ2n) is 8.04. The summed E-state index contributed by atoms with van der Waals surface area (Å²) in [6.45, 7) is 5.95. The molecule has 0 bridgehead atoms. The summed E-state index contributed by atoms with van der Waals surface area (Å²) in [6.07, 6.45) is 0. The minimum atomic E-state index is -0.461. The number of fused-ring (bicyclic) bond motifs is 1. The highest BCUT2D eigenvalue weighted by Crippen LogP contribution is 2.33. The van der Waals surface area contributed by atoms with Crippen LogP contribution in [0.2, 0.25) is 0 Å². The number of anilines is 2. The molecule has 1 aliphatic heterocycles. The zero-order valence-electron chi connectivity index (χ0n) is 18.3. The van der Waals surface area contributed by atoms with Gasteiger partial charge in [0.25, 0.3) is 5.91 Å². The van der Waals surface area contributed by atoms with E-state index in [0.29, 0.717) is 17.9 Å². The Bertz CT molecular complexity index is 1100. The average molecular weight is 422 g/mol. The molecule has 0 spiro atoms. The number of amides is 1. The lowest BCUT2D eigenvalue weighted by molar-refractivity contribution is -0.892. The van der Waals surface area contributed by atoms with Crippen LogP contribution in [0.4, 0.5) is 11.4 Å². The molecule has 0 unspecified atom stereocenters. The molecule has 0 saturated carbocycles. The zero-order chi connectivity index (χ0) is 22.0. The van der Waals surface area contributed by atoms with Crippen LogP contribution in [-0.2, 0) is 16.6 Å². The lowest BCUT2D eigenvalue weighted by Crippen LogP contribution is -3.15. The molecule has 0 aliphatic carbocycles. The van der Waals surface area contributed by atoms with Gasteiger partial charge in [0, 0.05) is 18.1 Å². The fraction of sp³-hybridized carbons (Fsp3) is 0.333. The Labute approximate surface area is 182 Å². The molecular weight excluding hydrogens is 392 g/mol. The van der Waals surface area contributed by atoms with E-state index in [2.05, 4.69) is 22.3 Å². The molecule has 1 amide bonds. The number of ether oxygens (including phenoxy) is 1. The molecule has 1 aliphatic rings. The summed E-state index contributed by atoms with van der Waals surface area (Å²) in [6, 6.07) is 16.2. The standard InChI is InChI=1S/C24H28N4O3/c1-17-8-7-11-19-21(17)22(23(26(19)2)24(30)31-3)25-20(29)16-27-12-14-28(15-13-27)18-9-5-4-6-10-18/h4-11H,12-16H2,1-3H3,(H,25,29)/p+1. The molecule has 2 aromatic carbocycles. The SMILES string of the molecule is COC(=O)c1c(NC(=O)C[NH+]2CCN(c3ccccc3)CC2)c2c(C)cccc2n1C. The molecule has 7 nitrogen and oxygen atoms in total. The quantitative estimate of drug-likeness (QED) is 0.615. The molecule has 1 fully saturated rings. The third-order valence-corrected chi connectivity index (χ3v) is 6.08. The monoisotopic (exact) mass is 421 g/mol. The molecule has 0 radical (unpaired) electrons. The molecule has 31 heavy (non-hydrogen) atoms. The third-order valence-electron chi connectivity index (χ3n) is 6.08. The van der Waals surface area contributed by atoms with E-state index in [4.69, 9.17) is 4.74 Å². The van der Waals surface area contributed by atoms with Crippen LogP contribution in [0.3, 0.4) is 0 Å². The van der Waals surface area contributed by atoms with Gasteiger partial charge in [0.1, 0.15) is 0 Å². The predicted molar refractivity (Wildman–Crippen MR) is 122 cm³/mol. The second-order valence-corrected chi connectivity index (χ2v) is 8.04. The Hall–Kier alpha value is -3.32. The van der Waals surface area contributed by atoms with Gasteiger partial charge < -0.3 is 24.4 Å². The summed E-state index contributed by atoms with van der Waals surface area (Å²) in [7, 11) is 3.17. The number of methoxy groups -OCH3 is 1. The van der Waals surface area contributed by atoms with E-state index in [0.717, 1.165) is 42.6 Å². The van der Waals surface area contributed by atoms with Crippen molar-refractivity contribution in [3.05, 3.63) is 59.8 Å². The Morgan fingerprint density at radius 2 is 1.77 bits per heavy atom. The number of carbonyl (C=O) groups excluding carboxylic acids is 2. The molecule has 2 N–H and O–H groups in total. The van der Waals surface area contributed by atoms with Gasteiger partial charge in [-0.3, -0.25) is 4.79 Å². The van der Waals surface area contributed by atoms with Crippen molar-refractivity contribution in [2.24, 2.45) is 7.05 Å². The first-order chi connectivity index (χ1) is 15.0. The van der Waals surface area contributed by atoms with Crippen molar-refractivity contribution in [1.29, 1.82) is 0 Å². The maximum atomic E-state index is 13.0. The Kier molecular flexibility index (Phi) is 5.95. The number of nitrogens with zero attached hydrogens (tertiary/aromatic N) is 2. The zero-order valence-corrected chi connectivity index (χ0v) is 18.3. The van der Waals surface area contributed by atoms with Gasteiger partial charge in [-0.1, -0.05) is 30.3 Å². The summed E-state index contributed by atoms with van der Waals surface area (Å²) in [5, 5.41) is 3.90. The van der Waals surface area contributed by atoms with Gasteiger partial charge in [0.15, 0.2) is 12.2 Å². The number of benzene rings is 2. The van der Waals surface area contributed by atoms with Crippen LogP contribution >= 0.6 is 0 Å². The van der Waals surface area contributed by atoms with E-state index in [9.17, 15) is 9.59 Å². The van der Waals surface area contributed by atoms with E-state index in [1.165, 1.54) is 17.7 Å². The first-order valence-electron chi connectivity index (χ1n) is 10.6. The molecule has 3 aromatic rings. The summed E-state index contributed by atoms with van der Waals surface area (Å²) < 4.78 is 6.78. The number of quaternary nitrogens is 1. The maximum Gasteiger partial charge on any atom is 0.356 e. The number of rotatable bonds is 5. The predicted octanol–water partition coefficient (Wildman–Crippen LogP) is 1.62. The first kappa shape index (κ1) is 20.9. The number of para-hydroxylation sites is 1. The van der Waals surface area contributed by atoms with E-state index in [1.807, 2.05) is 50.4 Å². The minimum Gasteiger partial charge on any atom is -0.464 e. The van der Waals surface area contributed by atoms with Crippen molar-refractivity contribution >= 4 is 34.2 Å². The van der Waals surface area contributed by atoms with Crippen molar-refractivity contribution in [3.63, 3.8) is 0 Å². The largest absolute Gasteiger partial charge is 0.464 e. The van der Waals surface area contributed by atoms with E-state index >= 15 is 0 Å². The summed E-state index contributed by atoms with van der Waals surface area (Å²) in [5.41, 5.74) is 4.01. The van der Waals surface area contributed by atoms with Crippen LogP contribution in [0.25, 0.3) is 10.9 Å². The molecule has 1 saturated heterocycles. The van der Waals surface area contributed by atoms with Gasteiger partial charge in [0.05, 0.1) is 44.5 Å². The van der Waals surface area contributed by atoms with E-state index in [-0.39, 0.29) is 5.91 Å². The fourth-order valence-corrected chi connectivity index (χ4v) is 4.43. The van der Waals surface area contributed by atoms with Crippen molar-refractivity contribution in [3.8, 4) is 0 Å². The molecule has 162 valence electrons. The van der Waals surface area contributed by atoms with Crippen LogP contribution in [0.1, 0.15) is 16.1 Å². The molecule has 1 aromatic heterocycles. The number of piperazine rings is 1. The maximum absolute atomic E-state index is 13.0.